The maximum Gasteiger partial charge on any atom is 0.156 e. The molecule has 2 heteroatoms. The van der Waals surface area contributed by atoms with Crippen molar-refractivity contribution in [2.24, 2.45) is 0 Å². The van der Waals surface area contributed by atoms with Gasteiger partial charge in [0.25, 0.3) is 0 Å². The molecule has 0 atom stereocenters. The molecule has 0 aromatic heterocycles. The second-order valence-corrected chi connectivity index (χ2v) is 2.25. The Labute approximate surface area is 42.0 Å². The van der Waals surface area contributed by atoms with E-state index in [1.165, 1.54) is 18.6 Å². The zero-order valence-corrected chi connectivity index (χ0v) is 4.42. The van der Waals surface area contributed by atoms with E-state index in [0.717, 1.165) is 0 Å². The van der Waals surface area contributed by atoms with E-state index in [9.17, 15) is 0 Å². The maximum atomic E-state index is 3.08. The van der Waals surface area contributed by atoms with Gasteiger partial charge in [-0.15, -0.1) is 0 Å². The molecular weight excluding hydrogens is 94.1 g/mol. The maximum absolute atomic E-state index is 3.08. The Hall–Kier alpha value is 0.0200. The number of hydrogen-bond donors (Lipinski definition) is 1. The van der Waals surface area contributed by atoms with Crippen LogP contribution in [0, 0.1) is 0 Å². The lowest BCUT2D eigenvalue weighted by atomic mass is 10.4. The van der Waals surface area contributed by atoms with Crippen LogP contribution >= 0.6 is 11.9 Å². The van der Waals surface area contributed by atoms with Gasteiger partial charge in [0.2, 0.25) is 0 Å². The van der Waals surface area contributed by atoms with Crippen LogP contribution in [0.3, 0.4) is 0 Å². The van der Waals surface area contributed by atoms with Crippen LogP contribution in [0.2, 0.25) is 0 Å². The summed E-state index contributed by atoms with van der Waals surface area (Å²) in [6, 6.07) is 0. The fourth-order valence-electron chi connectivity index (χ4n) is 0.434. The smallest absolute Gasteiger partial charge is 0.156 e. The van der Waals surface area contributed by atoms with E-state index in [1.807, 2.05) is 0 Å². The second kappa shape index (κ2) is 2.24. The van der Waals surface area contributed by atoms with E-state index in [1.54, 1.807) is 11.9 Å². The van der Waals surface area contributed by atoms with Crippen molar-refractivity contribution in [1.29, 1.82) is 0 Å². The van der Waals surface area contributed by atoms with Crippen molar-refractivity contribution in [2.75, 3.05) is 5.75 Å². The molecule has 6 heavy (non-hydrogen) atoms. The van der Waals surface area contributed by atoms with Crippen LogP contribution in [0.15, 0.2) is 0 Å². The minimum atomic E-state index is 1.24. The van der Waals surface area contributed by atoms with Gasteiger partial charge >= 0.3 is 0 Å². The highest BCUT2D eigenvalue weighted by atomic mass is 32.2. The Morgan fingerprint density at radius 2 is 2.67 bits per heavy atom. The lowest BCUT2D eigenvalue weighted by Gasteiger charge is -1.89. The Morgan fingerprint density at radius 1 is 1.67 bits per heavy atom. The van der Waals surface area contributed by atoms with Crippen LogP contribution in [-0.4, -0.2) is 12.0 Å². The summed E-state index contributed by atoms with van der Waals surface area (Å²) in [5.41, 5.74) is 0. The molecule has 1 aliphatic heterocycles. The minimum absolute atomic E-state index is 1.24. The Bertz CT molecular complexity index is 52.6. The van der Waals surface area contributed by atoms with Gasteiger partial charge in [-0.3, -0.25) is 0 Å². The molecule has 1 nitrogen and oxygen atoms in total. The fraction of sp³-hybridized carbons (Fsp3) is 0.750. The molecule has 1 rings (SSSR count). The highest BCUT2D eigenvalue weighted by molar-refractivity contribution is 7.92. The second-order valence-electron chi connectivity index (χ2n) is 1.31. The van der Waals surface area contributed by atoms with Crippen LogP contribution in [0.5, 0.6) is 0 Å². The molecular formula is C4H8NS+. The van der Waals surface area contributed by atoms with Gasteiger partial charge in [0.15, 0.2) is 18.2 Å². The largest absolute Gasteiger partial charge is 0.183 e. The van der Waals surface area contributed by atoms with Crippen molar-refractivity contribution in [2.45, 2.75) is 12.8 Å². The molecule has 0 unspecified atom stereocenters. The monoisotopic (exact) mass is 102 g/mol. The summed E-state index contributed by atoms with van der Waals surface area (Å²) in [5.74, 6) is 1.27. The first-order valence-electron chi connectivity index (χ1n) is 2.19. The van der Waals surface area contributed by atoms with Gasteiger partial charge in [0.1, 0.15) is 0 Å². The summed E-state index contributed by atoms with van der Waals surface area (Å²) in [4.78, 5) is 0. The third kappa shape index (κ3) is 1.01. The molecule has 0 saturated heterocycles. The van der Waals surface area contributed by atoms with Crippen molar-refractivity contribution in [3.8, 4) is 0 Å². The molecule has 1 heterocycles. The van der Waals surface area contributed by atoms with Crippen molar-refractivity contribution in [3.63, 3.8) is 0 Å². The molecule has 0 fully saturated rings. The predicted octanol–water partition coefficient (Wildman–Crippen LogP) is -0.420. The van der Waals surface area contributed by atoms with E-state index >= 15 is 0 Å². The van der Waals surface area contributed by atoms with Crippen LogP contribution < -0.4 is 4.40 Å². The van der Waals surface area contributed by atoms with Crippen LogP contribution in [0.1, 0.15) is 12.8 Å². The molecule has 34 valence electrons. The van der Waals surface area contributed by atoms with E-state index < -0.39 is 0 Å². The summed E-state index contributed by atoms with van der Waals surface area (Å²) in [7, 11) is 0. The summed E-state index contributed by atoms with van der Waals surface area (Å²) >= 11 is 1.79. The standard InChI is InChI=1S/C4H7NS/c1-2-4-6-5-3-1/h3H,1-2,4H2/p+1. The zero-order valence-electron chi connectivity index (χ0n) is 3.61. The molecule has 0 bridgehead atoms. The summed E-state index contributed by atoms with van der Waals surface area (Å²) in [6.45, 7) is 0. The Kier molecular flexibility index (Phi) is 1.56. The molecule has 1 aliphatic rings. The summed E-state index contributed by atoms with van der Waals surface area (Å²) < 4.78 is 3.08. The number of hydrogen-bond acceptors (Lipinski definition) is 1. The van der Waals surface area contributed by atoms with Gasteiger partial charge in [-0.2, -0.15) is 4.40 Å². The zero-order chi connectivity index (χ0) is 4.24. The van der Waals surface area contributed by atoms with Gasteiger partial charge in [0, 0.05) is 6.42 Å². The minimum Gasteiger partial charge on any atom is -0.183 e. The molecule has 0 spiro atoms. The normalized spacial score (nSPS) is 21.3. The molecule has 0 amide bonds. The Morgan fingerprint density at radius 3 is 2.83 bits per heavy atom. The SMILES string of the molecule is C1=[NH+]SCCC1. The van der Waals surface area contributed by atoms with Gasteiger partial charge in [-0.05, 0) is 6.42 Å². The molecule has 0 aliphatic carbocycles. The van der Waals surface area contributed by atoms with Gasteiger partial charge in [0.05, 0.1) is 5.75 Å². The van der Waals surface area contributed by atoms with E-state index in [0.29, 0.717) is 0 Å². The molecule has 0 radical (unpaired) electrons. The summed E-state index contributed by atoms with van der Waals surface area (Å²) in [6.07, 6.45) is 4.69. The fourth-order valence-corrected chi connectivity index (χ4v) is 1.10. The third-order valence-corrected chi connectivity index (χ3v) is 1.59. The van der Waals surface area contributed by atoms with Crippen LogP contribution in [-0.2, 0) is 0 Å². The van der Waals surface area contributed by atoms with Crippen molar-refractivity contribution < 1.29 is 4.40 Å². The number of rotatable bonds is 0. The third-order valence-electron chi connectivity index (χ3n) is 0.762. The first-order valence-corrected chi connectivity index (χ1v) is 3.18. The van der Waals surface area contributed by atoms with E-state index in [4.69, 9.17) is 0 Å². The molecule has 0 aromatic rings. The first kappa shape index (κ1) is 4.19. The van der Waals surface area contributed by atoms with Crippen molar-refractivity contribution in [3.05, 3.63) is 0 Å². The van der Waals surface area contributed by atoms with Crippen LogP contribution in [0.25, 0.3) is 0 Å². The number of nitrogens with one attached hydrogen (secondary N) is 1. The Balaban J connectivity index is 2.26. The lowest BCUT2D eigenvalue weighted by molar-refractivity contribution is -0.240. The van der Waals surface area contributed by atoms with Gasteiger partial charge in [-0.25, -0.2) is 0 Å². The van der Waals surface area contributed by atoms with E-state index in [-0.39, 0.29) is 0 Å². The quantitative estimate of drug-likeness (QED) is 0.410. The van der Waals surface area contributed by atoms with Gasteiger partial charge in [-0.1, -0.05) is 0 Å². The van der Waals surface area contributed by atoms with Crippen molar-refractivity contribution in [1.82, 2.24) is 0 Å². The average Bonchev–Trinajstić information content (AvgIpc) is 1.72. The van der Waals surface area contributed by atoms with Crippen molar-refractivity contribution >= 4 is 18.2 Å². The molecule has 0 saturated carbocycles. The predicted molar refractivity (Wildman–Crippen MR) is 28.7 cm³/mol. The van der Waals surface area contributed by atoms with Crippen LogP contribution in [0.4, 0.5) is 0 Å². The highest BCUT2D eigenvalue weighted by Crippen LogP contribution is 1.93. The van der Waals surface area contributed by atoms with Gasteiger partial charge < -0.3 is 0 Å². The molecule has 0 aromatic carbocycles. The highest BCUT2D eigenvalue weighted by Gasteiger charge is 1.96. The first-order chi connectivity index (χ1) is 3.00. The molecule has 1 N–H and O–H groups in total. The lowest BCUT2D eigenvalue weighted by Crippen LogP contribution is -2.60. The topological polar surface area (TPSA) is 14.0 Å². The average molecular weight is 102 g/mol. The van der Waals surface area contributed by atoms with E-state index in [2.05, 4.69) is 10.6 Å². The summed E-state index contributed by atoms with van der Waals surface area (Å²) in [5, 5.41) is 0.